The fourth-order valence-corrected chi connectivity index (χ4v) is 2.49. The summed E-state index contributed by atoms with van der Waals surface area (Å²) in [4.78, 5) is 14.1. The lowest BCUT2D eigenvalue weighted by atomic mass is 10.1. The number of hydrogen-bond acceptors (Lipinski definition) is 3. The Hall–Kier alpha value is -1.39. The Bertz CT molecular complexity index is 445. The molecule has 0 aliphatic carbocycles. The van der Waals surface area contributed by atoms with Gasteiger partial charge in [0.1, 0.15) is 6.04 Å². The fraction of sp³-hybridized carbons (Fsp3) is 0.500. The summed E-state index contributed by atoms with van der Waals surface area (Å²) in [5, 5.41) is 12.4. The van der Waals surface area contributed by atoms with Gasteiger partial charge in [-0.25, -0.2) is 0 Å². The molecular weight excluding hydrogens is 228 g/mol. The summed E-state index contributed by atoms with van der Waals surface area (Å²) in [6.07, 6.45) is 0.991. The maximum absolute atomic E-state index is 12.4. The third kappa shape index (κ3) is 2.13. The van der Waals surface area contributed by atoms with E-state index in [2.05, 4.69) is 12.2 Å². The first kappa shape index (κ1) is 13.1. The van der Waals surface area contributed by atoms with Crippen molar-refractivity contribution in [3.05, 3.63) is 29.3 Å². The van der Waals surface area contributed by atoms with Crippen LogP contribution in [0.2, 0.25) is 0 Å². The summed E-state index contributed by atoms with van der Waals surface area (Å²) >= 11 is 0. The van der Waals surface area contributed by atoms with Crippen LogP contribution in [0.15, 0.2) is 18.2 Å². The number of fused-ring (bicyclic) bond motifs is 1. The number of aliphatic hydroxyl groups excluding tert-OH is 1. The first-order chi connectivity index (χ1) is 8.70. The predicted molar refractivity (Wildman–Crippen MR) is 71.7 cm³/mol. The van der Waals surface area contributed by atoms with Gasteiger partial charge in [-0.15, -0.1) is 0 Å². The molecule has 1 aromatic carbocycles. The summed E-state index contributed by atoms with van der Waals surface area (Å²) in [5.41, 5.74) is 3.07. The van der Waals surface area contributed by atoms with E-state index in [0.29, 0.717) is 6.54 Å². The van der Waals surface area contributed by atoms with Gasteiger partial charge in [-0.3, -0.25) is 4.79 Å². The van der Waals surface area contributed by atoms with Crippen LogP contribution in [-0.4, -0.2) is 30.7 Å². The lowest BCUT2D eigenvalue weighted by molar-refractivity contribution is -0.120. The number of hydrogen-bond donors (Lipinski definition) is 2. The van der Waals surface area contributed by atoms with Crippen molar-refractivity contribution >= 4 is 11.6 Å². The molecule has 1 aliphatic heterocycles. The van der Waals surface area contributed by atoms with Gasteiger partial charge in [-0.1, -0.05) is 25.1 Å². The summed E-state index contributed by atoms with van der Waals surface area (Å²) in [5.74, 6) is 0.0433. The molecule has 1 aromatic rings. The quantitative estimate of drug-likeness (QED) is 0.827. The van der Waals surface area contributed by atoms with Gasteiger partial charge in [0.25, 0.3) is 0 Å². The van der Waals surface area contributed by atoms with Gasteiger partial charge < -0.3 is 15.3 Å². The average Bonchev–Trinajstić information content (AvgIpc) is 2.62. The fourth-order valence-electron chi connectivity index (χ4n) is 2.49. The summed E-state index contributed by atoms with van der Waals surface area (Å²) in [7, 11) is 0. The van der Waals surface area contributed by atoms with E-state index in [1.54, 1.807) is 4.90 Å². The molecule has 0 saturated heterocycles. The standard InChI is InChI=1S/C14H20N2O2/c1-3-7-15-12-11-6-4-5-10(2)13(11)16(8-9-17)14(12)18/h4-6,12,15,17H,3,7-9H2,1-2H3. The Labute approximate surface area is 108 Å². The van der Waals surface area contributed by atoms with Gasteiger partial charge in [-0.05, 0) is 25.5 Å². The van der Waals surface area contributed by atoms with E-state index in [1.165, 1.54) is 0 Å². The molecule has 0 bridgehead atoms. The second-order valence-corrected chi connectivity index (χ2v) is 4.61. The molecule has 98 valence electrons. The van der Waals surface area contributed by atoms with E-state index >= 15 is 0 Å². The van der Waals surface area contributed by atoms with E-state index in [-0.39, 0.29) is 18.6 Å². The molecule has 4 nitrogen and oxygen atoms in total. The molecule has 1 unspecified atom stereocenters. The van der Waals surface area contributed by atoms with Crippen LogP contribution < -0.4 is 10.2 Å². The molecule has 0 saturated carbocycles. The Kier molecular flexibility index (Phi) is 3.99. The smallest absolute Gasteiger partial charge is 0.248 e. The van der Waals surface area contributed by atoms with E-state index in [4.69, 9.17) is 5.11 Å². The summed E-state index contributed by atoms with van der Waals surface area (Å²) in [6, 6.07) is 5.71. The van der Waals surface area contributed by atoms with Gasteiger partial charge >= 0.3 is 0 Å². The number of nitrogens with zero attached hydrogens (tertiary/aromatic N) is 1. The average molecular weight is 248 g/mol. The molecule has 0 fully saturated rings. The van der Waals surface area contributed by atoms with Crippen LogP contribution >= 0.6 is 0 Å². The summed E-state index contributed by atoms with van der Waals surface area (Å²) < 4.78 is 0. The Morgan fingerprint density at radius 3 is 2.89 bits per heavy atom. The van der Waals surface area contributed by atoms with Crippen molar-refractivity contribution in [2.75, 3.05) is 24.6 Å². The third-order valence-corrected chi connectivity index (χ3v) is 3.28. The molecule has 0 spiro atoms. The summed E-state index contributed by atoms with van der Waals surface area (Å²) in [6.45, 7) is 5.24. The number of carbonyl (C=O) groups is 1. The zero-order valence-electron chi connectivity index (χ0n) is 10.9. The Morgan fingerprint density at radius 2 is 2.22 bits per heavy atom. The number of carbonyl (C=O) groups excluding carboxylic acids is 1. The van der Waals surface area contributed by atoms with E-state index in [1.807, 2.05) is 25.1 Å². The minimum absolute atomic E-state index is 0.0139. The van der Waals surface area contributed by atoms with Crippen LogP contribution in [0, 0.1) is 6.92 Å². The molecule has 1 amide bonds. The maximum atomic E-state index is 12.4. The highest BCUT2D eigenvalue weighted by molar-refractivity contribution is 6.05. The number of amides is 1. The number of anilines is 1. The third-order valence-electron chi connectivity index (χ3n) is 3.28. The van der Waals surface area contributed by atoms with Crippen LogP contribution in [0.25, 0.3) is 0 Å². The molecule has 0 aromatic heterocycles. The molecule has 1 atom stereocenters. The zero-order valence-corrected chi connectivity index (χ0v) is 10.9. The van der Waals surface area contributed by atoms with Gasteiger partial charge in [0.15, 0.2) is 0 Å². The molecule has 2 rings (SSSR count). The monoisotopic (exact) mass is 248 g/mol. The number of nitrogens with one attached hydrogen (secondary N) is 1. The Balaban J connectivity index is 2.37. The lowest BCUT2D eigenvalue weighted by Gasteiger charge is -2.18. The molecule has 18 heavy (non-hydrogen) atoms. The van der Waals surface area contributed by atoms with E-state index < -0.39 is 0 Å². The minimum Gasteiger partial charge on any atom is -0.395 e. The molecule has 1 aliphatic rings. The van der Waals surface area contributed by atoms with Gasteiger partial charge in [0, 0.05) is 12.1 Å². The number of para-hydroxylation sites is 1. The Morgan fingerprint density at radius 1 is 1.44 bits per heavy atom. The molecule has 4 heteroatoms. The van der Waals surface area contributed by atoms with Crippen LogP contribution in [0.3, 0.4) is 0 Å². The number of benzene rings is 1. The predicted octanol–water partition coefficient (Wildman–Crippen LogP) is 1.37. The molecule has 0 radical (unpaired) electrons. The van der Waals surface area contributed by atoms with Crippen molar-refractivity contribution in [1.29, 1.82) is 0 Å². The number of rotatable bonds is 5. The normalized spacial score (nSPS) is 18.3. The zero-order chi connectivity index (χ0) is 13.1. The molecular formula is C14H20N2O2. The van der Waals surface area contributed by atoms with Crippen LogP contribution in [-0.2, 0) is 4.79 Å². The van der Waals surface area contributed by atoms with Crippen molar-refractivity contribution in [3.63, 3.8) is 0 Å². The van der Waals surface area contributed by atoms with Crippen molar-refractivity contribution in [2.24, 2.45) is 0 Å². The molecule has 2 N–H and O–H groups in total. The van der Waals surface area contributed by atoms with Crippen LogP contribution in [0.5, 0.6) is 0 Å². The number of aliphatic hydroxyl groups is 1. The second-order valence-electron chi connectivity index (χ2n) is 4.61. The first-order valence-corrected chi connectivity index (χ1v) is 6.45. The highest BCUT2D eigenvalue weighted by Gasteiger charge is 2.37. The highest BCUT2D eigenvalue weighted by Crippen LogP contribution is 2.37. The number of β-amino-alcohol motifs (C(OH)–C–C–N with tert-alkyl or cyclic N) is 1. The van der Waals surface area contributed by atoms with E-state index in [0.717, 1.165) is 29.8 Å². The van der Waals surface area contributed by atoms with Gasteiger partial charge in [0.2, 0.25) is 5.91 Å². The topological polar surface area (TPSA) is 52.6 Å². The highest BCUT2D eigenvalue weighted by atomic mass is 16.3. The van der Waals surface area contributed by atoms with Crippen LogP contribution in [0.1, 0.15) is 30.5 Å². The van der Waals surface area contributed by atoms with Gasteiger partial charge in [-0.2, -0.15) is 0 Å². The van der Waals surface area contributed by atoms with Crippen LogP contribution in [0.4, 0.5) is 5.69 Å². The largest absolute Gasteiger partial charge is 0.395 e. The number of aryl methyl sites for hydroxylation is 1. The lowest BCUT2D eigenvalue weighted by Crippen LogP contribution is -2.36. The van der Waals surface area contributed by atoms with Crippen molar-refractivity contribution in [1.82, 2.24) is 5.32 Å². The second kappa shape index (κ2) is 5.50. The molecule has 1 heterocycles. The van der Waals surface area contributed by atoms with Crippen molar-refractivity contribution in [2.45, 2.75) is 26.3 Å². The van der Waals surface area contributed by atoms with Gasteiger partial charge in [0.05, 0.1) is 12.3 Å². The van der Waals surface area contributed by atoms with Crippen molar-refractivity contribution in [3.8, 4) is 0 Å². The first-order valence-electron chi connectivity index (χ1n) is 6.45. The minimum atomic E-state index is -0.258. The maximum Gasteiger partial charge on any atom is 0.248 e. The SMILES string of the molecule is CCCNC1C(=O)N(CCO)c2c(C)cccc21. The van der Waals surface area contributed by atoms with E-state index in [9.17, 15) is 4.79 Å². The van der Waals surface area contributed by atoms with Crippen molar-refractivity contribution < 1.29 is 9.90 Å².